The van der Waals surface area contributed by atoms with Gasteiger partial charge in [-0.2, -0.15) is 0 Å². The van der Waals surface area contributed by atoms with Crippen molar-refractivity contribution >= 4 is 47.3 Å². The first-order chi connectivity index (χ1) is 34.1. The number of benzene rings is 3. The lowest BCUT2D eigenvalue weighted by atomic mass is 9.95. The van der Waals surface area contributed by atoms with Crippen LogP contribution >= 0.6 is 0 Å². The molecule has 0 aliphatic carbocycles. The number of aliphatic hydroxyl groups is 1. The Labute approximate surface area is 423 Å². The van der Waals surface area contributed by atoms with E-state index >= 15 is 0 Å². The first-order valence-corrected chi connectivity index (χ1v) is 24.9. The van der Waals surface area contributed by atoms with Gasteiger partial charge in [0, 0.05) is 32.7 Å². The molecule has 3 aromatic rings. The van der Waals surface area contributed by atoms with Gasteiger partial charge in [-0.3, -0.25) is 38.4 Å². The number of methoxy groups -OCH3 is 1. The first-order valence-electron chi connectivity index (χ1n) is 24.9. The normalized spacial score (nSPS) is 16.3. The molecule has 18 nitrogen and oxygen atoms in total. The van der Waals surface area contributed by atoms with Gasteiger partial charge in [-0.05, 0) is 72.3 Å². The lowest BCUT2D eigenvalue weighted by Crippen LogP contribution is -2.60. The molecule has 1 aliphatic heterocycles. The molecule has 18 heteroatoms. The van der Waals surface area contributed by atoms with Crippen LogP contribution in [0.15, 0.2) is 84.9 Å². The molecule has 8 amide bonds. The van der Waals surface area contributed by atoms with Crippen LogP contribution < -0.4 is 42.4 Å². The summed E-state index contributed by atoms with van der Waals surface area (Å²) < 4.78 is 5.25. The van der Waals surface area contributed by atoms with E-state index in [1.807, 2.05) is 39.8 Å². The maximum absolute atomic E-state index is 14.4. The second-order valence-electron chi connectivity index (χ2n) is 19.9. The number of aliphatic hydroxyl groups excluding tert-OH is 1. The maximum Gasteiger partial charge on any atom is 0.246 e. The minimum Gasteiger partial charge on any atom is -0.497 e. The molecule has 72 heavy (non-hydrogen) atoms. The standard InChI is InChI=1S/C54H76N8O10/c1-32(2)26-40(46(64)31-47(65)57-42(27-33(3)4)50(67)59-41(49(55)66)28-36-16-11-9-12-17-36)58-53(70)48(34(5)6)61-51(68)43(29-37-18-13-10-14-19-37)60-52(69)45-20-15-25-62(45)54(71)44(56-35(7)63)30-38-21-23-39(72-8)24-22-38/h9-14,16-19,21-24,32-34,40-46,48,64H,15,20,25-31H2,1-8H3,(H2,55,66)(H,56,63)(H,57,65)(H,58,70)(H,59,67)(H,60,69)(H,61,68)/t40-,41-,42-,43-,44-,45-,46+,48-/m0/s1. The Hall–Kier alpha value is -6.82. The van der Waals surface area contributed by atoms with Crippen LogP contribution in [0.4, 0.5) is 0 Å². The van der Waals surface area contributed by atoms with Gasteiger partial charge in [0.05, 0.1) is 25.7 Å². The molecule has 9 N–H and O–H groups in total. The highest BCUT2D eigenvalue weighted by Crippen LogP contribution is 2.22. The number of hydrogen-bond donors (Lipinski definition) is 8. The van der Waals surface area contributed by atoms with Crippen LogP contribution in [0.2, 0.25) is 0 Å². The van der Waals surface area contributed by atoms with Crippen LogP contribution in [0.3, 0.4) is 0 Å². The smallest absolute Gasteiger partial charge is 0.246 e. The fourth-order valence-electron chi connectivity index (χ4n) is 8.79. The highest BCUT2D eigenvalue weighted by molar-refractivity contribution is 5.96. The van der Waals surface area contributed by atoms with Gasteiger partial charge in [0.15, 0.2) is 0 Å². The topological polar surface area (TPSA) is 267 Å². The first kappa shape index (κ1) is 57.8. The number of likely N-dealkylation sites (tertiary alicyclic amines) is 1. The molecule has 0 spiro atoms. The van der Waals surface area contributed by atoms with Gasteiger partial charge in [0.25, 0.3) is 0 Å². The molecule has 392 valence electrons. The number of nitrogens with zero attached hydrogens (tertiary/aromatic N) is 1. The fraction of sp³-hybridized carbons (Fsp3) is 0.519. The number of carbonyl (C=O) groups excluding carboxylic acids is 8. The summed E-state index contributed by atoms with van der Waals surface area (Å²) in [5.41, 5.74) is 7.93. The van der Waals surface area contributed by atoms with Crippen LogP contribution in [0.1, 0.15) is 97.3 Å². The van der Waals surface area contributed by atoms with Crippen molar-refractivity contribution in [2.75, 3.05) is 13.7 Å². The fourth-order valence-corrected chi connectivity index (χ4v) is 8.79. The molecule has 0 saturated carbocycles. The Bertz CT molecular complexity index is 2280. The third-order valence-electron chi connectivity index (χ3n) is 12.5. The van der Waals surface area contributed by atoms with E-state index in [9.17, 15) is 43.5 Å². The van der Waals surface area contributed by atoms with Crippen LogP contribution in [0, 0.1) is 17.8 Å². The maximum atomic E-state index is 14.4. The Morgan fingerprint density at radius 3 is 1.71 bits per heavy atom. The molecule has 3 aromatic carbocycles. The molecule has 1 fully saturated rings. The van der Waals surface area contributed by atoms with Gasteiger partial charge in [-0.15, -0.1) is 0 Å². The quantitative estimate of drug-likeness (QED) is 0.0554. The van der Waals surface area contributed by atoms with Crippen molar-refractivity contribution in [1.82, 2.24) is 36.8 Å². The van der Waals surface area contributed by atoms with Crippen molar-refractivity contribution in [3.8, 4) is 5.75 Å². The number of amides is 8. The van der Waals surface area contributed by atoms with Crippen molar-refractivity contribution in [3.63, 3.8) is 0 Å². The molecule has 1 heterocycles. The van der Waals surface area contributed by atoms with E-state index < -0.39 is 108 Å². The summed E-state index contributed by atoms with van der Waals surface area (Å²) in [7, 11) is 1.54. The summed E-state index contributed by atoms with van der Waals surface area (Å²) in [5.74, 6) is -4.68. The third-order valence-corrected chi connectivity index (χ3v) is 12.5. The molecule has 0 aromatic heterocycles. The number of primary amides is 1. The second kappa shape index (κ2) is 28.3. The second-order valence-corrected chi connectivity index (χ2v) is 19.9. The number of hydrogen-bond acceptors (Lipinski definition) is 10. The van der Waals surface area contributed by atoms with E-state index in [0.29, 0.717) is 18.6 Å². The highest BCUT2D eigenvalue weighted by Gasteiger charge is 2.40. The Balaban J connectivity index is 1.48. The Kier molecular flexibility index (Phi) is 22.7. The number of nitrogens with two attached hydrogens (primary N) is 1. The van der Waals surface area contributed by atoms with E-state index in [0.717, 1.165) is 16.7 Å². The SMILES string of the molecule is COc1ccc(C[C@H](NC(C)=O)C(=O)N2CCC[C@H]2C(=O)N[C@@H](Cc2ccccc2)C(=O)N[C@H](C(=O)N[C@@H](CC(C)C)[C@H](O)CC(=O)N[C@@H](CC(C)C)C(=O)N[C@@H](Cc2ccccc2)C(N)=O)C(C)C)cc1. The molecule has 1 aliphatic rings. The lowest BCUT2D eigenvalue weighted by molar-refractivity contribution is -0.142. The number of nitrogens with one attached hydrogen (secondary N) is 6. The zero-order chi connectivity index (χ0) is 53.1. The Morgan fingerprint density at radius 1 is 0.639 bits per heavy atom. The largest absolute Gasteiger partial charge is 0.497 e. The van der Waals surface area contributed by atoms with Crippen molar-refractivity contribution in [3.05, 3.63) is 102 Å². The molecule has 1 saturated heterocycles. The molecular weight excluding hydrogens is 921 g/mol. The van der Waals surface area contributed by atoms with E-state index in [2.05, 4.69) is 31.9 Å². The van der Waals surface area contributed by atoms with Crippen LogP contribution in [-0.4, -0.2) is 119 Å². The number of rotatable bonds is 27. The summed E-state index contributed by atoms with van der Waals surface area (Å²) in [6.45, 7) is 12.6. The predicted molar refractivity (Wildman–Crippen MR) is 273 cm³/mol. The van der Waals surface area contributed by atoms with Crippen LogP contribution in [0.25, 0.3) is 0 Å². The van der Waals surface area contributed by atoms with Crippen molar-refractivity contribution in [2.24, 2.45) is 23.5 Å². The monoisotopic (exact) mass is 997 g/mol. The van der Waals surface area contributed by atoms with Gasteiger partial charge in [-0.1, -0.05) is 114 Å². The van der Waals surface area contributed by atoms with E-state index in [4.69, 9.17) is 10.5 Å². The molecule has 4 rings (SSSR count). The summed E-state index contributed by atoms with van der Waals surface area (Å²) in [4.78, 5) is 110. The van der Waals surface area contributed by atoms with Crippen molar-refractivity contribution < 1.29 is 48.2 Å². The molecule has 8 atom stereocenters. The van der Waals surface area contributed by atoms with E-state index in [1.165, 1.54) is 11.8 Å². The molecule has 0 radical (unpaired) electrons. The minimum absolute atomic E-state index is 0.0456. The van der Waals surface area contributed by atoms with E-state index in [1.54, 1.807) is 93.8 Å². The predicted octanol–water partition coefficient (Wildman–Crippen LogP) is 2.63. The minimum atomic E-state index is -1.41. The zero-order valence-corrected chi connectivity index (χ0v) is 42.9. The average Bonchev–Trinajstić information content (AvgIpc) is 3.82. The van der Waals surface area contributed by atoms with Gasteiger partial charge >= 0.3 is 0 Å². The highest BCUT2D eigenvalue weighted by atomic mass is 16.5. The third kappa shape index (κ3) is 18.4. The number of carbonyl (C=O) groups is 8. The van der Waals surface area contributed by atoms with Gasteiger partial charge in [-0.25, -0.2) is 0 Å². The molecular formula is C54H76N8O10. The van der Waals surface area contributed by atoms with E-state index in [-0.39, 0.29) is 50.5 Å². The van der Waals surface area contributed by atoms with Gasteiger partial charge < -0.3 is 52.4 Å². The average molecular weight is 997 g/mol. The van der Waals surface area contributed by atoms with Crippen LogP contribution in [0.5, 0.6) is 5.75 Å². The lowest BCUT2D eigenvalue weighted by Gasteiger charge is -2.31. The zero-order valence-electron chi connectivity index (χ0n) is 42.9. The van der Waals surface area contributed by atoms with Crippen molar-refractivity contribution in [1.29, 1.82) is 0 Å². The van der Waals surface area contributed by atoms with Crippen LogP contribution in [-0.2, 0) is 57.6 Å². The number of ether oxygens (including phenoxy) is 1. The molecule has 0 bridgehead atoms. The van der Waals surface area contributed by atoms with Gasteiger partial charge in [0.1, 0.15) is 42.0 Å². The summed E-state index contributed by atoms with van der Waals surface area (Å²) in [5, 5.41) is 28.3. The summed E-state index contributed by atoms with van der Waals surface area (Å²) in [6.07, 6.45) is -0.235. The summed E-state index contributed by atoms with van der Waals surface area (Å²) in [6, 6.07) is 17.8. The Morgan fingerprint density at radius 2 is 1.18 bits per heavy atom. The molecule has 0 unspecified atom stereocenters. The van der Waals surface area contributed by atoms with Crippen molar-refractivity contribution in [2.45, 2.75) is 148 Å². The summed E-state index contributed by atoms with van der Waals surface area (Å²) >= 11 is 0. The van der Waals surface area contributed by atoms with Gasteiger partial charge in [0.2, 0.25) is 47.3 Å².